The molecule has 0 amide bonds. The normalized spacial score (nSPS) is 14.5. The molecule has 3 aromatic carbocycles. The highest BCUT2D eigenvalue weighted by atomic mass is 32.2. The van der Waals surface area contributed by atoms with E-state index in [0.29, 0.717) is 16.9 Å². The summed E-state index contributed by atoms with van der Waals surface area (Å²) < 4.78 is 55.7. The average Bonchev–Trinajstić information content (AvgIpc) is 3.03. The second kappa shape index (κ2) is 8.38. The minimum atomic E-state index is -3.92. The van der Waals surface area contributed by atoms with Crippen molar-refractivity contribution in [3.05, 3.63) is 83.9 Å². The van der Waals surface area contributed by atoms with Crippen molar-refractivity contribution in [2.45, 2.75) is 16.7 Å². The fraction of sp³-hybridized carbons (Fsp3) is 0.136. The lowest BCUT2D eigenvalue weighted by Crippen LogP contribution is -2.33. The third-order valence-electron chi connectivity index (χ3n) is 4.96. The van der Waals surface area contributed by atoms with Gasteiger partial charge in [0.1, 0.15) is 4.90 Å². The molecule has 1 aliphatic rings. The van der Waals surface area contributed by atoms with Crippen LogP contribution in [0.4, 0.5) is 11.4 Å². The van der Waals surface area contributed by atoms with Gasteiger partial charge in [-0.2, -0.15) is 8.42 Å². The summed E-state index contributed by atoms with van der Waals surface area (Å²) in [5, 5.41) is 12.4. The monoisotopic (exact) mass is 471 g/mol. The van der Waals surface area contributed by atoms with Gasteiger partial charge in [-0.1, -0.05) is 29.8 Å². The van der Waals surface area contributed by atoms with Crippen molar-refractivity contribution >= 4 is 37.3 Å². The van der Waals surface area contributed by atoms with Gasteiger partial charge < -0.3 is 10.4 Å². The third kappa shape index (κ3) is 4.12. The average molecular weight is 472 g/mol. The molecule has 1 aliphatic heterocycles. The molecular weight excluding hydrogens is 450 g/mol. The zero-order valence-corrected chi connectivity index (χ0v) is 18.8. The molecule has 0 unspecified atom stereocenters. The van der Waals surface area contributed by atoms with Crippen LogP contribution in [-0.4, -0.2) is 40.9 Å². The molecule has 0 saturated carbocycles. The predicted molar refractivity (Wildman–Crippen MR) is 123 cm³/mol. The molecule has 32 heavy (non-hydrogen) atoms. The minimum Gasteiger partial charge on any atom is -0.394 e. The van der Waals surface area contributed by atoms with E-state index in [9.17, 15) is 21.9 Å². The topological polar surface area (TPSA) is 116 Å². The van der Waals surface area contributed by atoms with E-state index in [1.54, 1.807) is 42.5 Å². The molecule has 10 heteroatoms. The van der Waals surface area contributed by atoms with E-state index in [4.69, 9.17) is 0 Å². The van der Waals surface area contributed by atoms with Gasteiger partial charge >= 0.3 is 0 Å². The van der Waals surface area contributed by atoms with Crippen LogP contribution in [0.1, 0.15) is 11.1 Å². The molecule has 3 aromatic rings. The highest BCUT2D eigenvalue weighted by Crippen LogP contribution is 2.28. The van der Waals surface area contributed by atoms with Gasteiger partial charge in [-0.3, -0.25) is 4.31 Å². The molecule has 0 bridgehead atoms. The number of nitrogens with one attached hydrogen (secondary N) is 1. The highest BCUT2D eigenvalue weighted by Gasteiger charge is 2.29. The quantitative estimate of drug-likeness (QED) is 0.571. The van der Waals surface area contributed by atoms with Gasteiger partial charge in [0.25, 0.3) is 20.0 Å². The maximum Gasteiger partial charge on any atom is 0.285 e. The van der Waals surface area contributed by atoms with E-state index >= 15 is 0 Å². The van der Waals surface area contributed by atoms with Gasteiger partial charge in [0.2, 0.25) is 0 Å². The summed E-state index contributed by atoms with van der Waals surface area (Å²) in [5.74, 6) is 0.178. The van der Waals surface area contributed by atoms with Crippen LogP contribution in [0.5, 0.6) is 0 Å². The fourth-order valence-electron chi connectivity index (χ4n) is 3.36. The zero-order chi connectivity index (χ0) is 22.9. The van der Waals surface area contributed by atoms with E-state index < -0.39 is 20.0 Å². The van der Waals surface area contributed by atoms with Crippen molar-refractivity contribution in [2.24, 2.45) is 4.40 Å². The van der Waals surface area contributed by atoms with E-state index in [0.717, 1.165) is 9.87 Å². The Bertz CT molecular complexity index is 1380. The highest BCUT2D eigenvalue weighted by molar-refractivity contribution is 7.92. The molecule has 8 nitrogen and oxygen atoms in total. The molecule has 0 aliphatic carbocycles. The number of amidine groups is 1. The SMILES string of the molecule is Cc1ccc(N(CCO)S(=O)(=O)c2ccc(NC3=NS(=O)(=O)c4ccccc43)cc2)cc1. The van der Waals surface area contributed by atoms with Crippen LogP contribution in [0.2, 0.25) is 0 Å². The molecule has 2 N–H and O–H groups in total. The maximum absolute atomic E-state index is 13.2. The Morgan fingerprint density at radius 3 is 2.28 bits per heavy atom. The predicted octanol–water partition coefficient (Wildman–Crippen LogP) is 2.74. The van der Waals surface area contributed by atoms with Gasteiger partial charge in [-0.25, -0.2) is 8.42 Å². The van der Waals surface area contributed by atoms with E-state index in [1.165, 1.54) is 30.3 Å². The number of sulfonamides is 2. The maximum atomic E-state index is 13.2. The Morgan fingerprint density at radius 1 is 0.969 bits per heavy atom. The number of nitrogens with zero attached hydrogens (tertiary/aromatic N) is 2. The summed E-state index contributed by atoms with van der Waals surface area (Å²) in [6.07, 6.45) is 0. The van der Waals surface area contributed by atoms with Crippen LogP contribution in [0, 0.1) is 6.92 Å². The number of fused-ring (bicyclic) bond motifs is 1. The molecule has 4 rings (SSSR count). The first kappa shape index (κ1) is 22.0. The van der Waals surface area contributed by atoms with Crippen molar-refractivity contribution in [1.82, 2.24) is 0 Å². The first-order valence-electron chi connectivity index (χ1n) is 9.74. The van der Waals surface area contributed by atoms with Crippen LogP contribution in [0.15, 0.2) is 87.0 Å². The Labute approximate surface area is 187 Å². The Balaban J connectivity index is 1.61. The van der Waals surface area contributed by atoms with Crippen molar-refractivity contribution in [3.63, 3.8) is 0 Å². The molecule has 0 spiro atoms. The number of hydrogen-bond donors (Lipinski definition) is 2. The van der Waals surface area contributed by atoms with Crippen LogP contribution >= 0.6 is 0 Å². The smallest absolute Gasteiger partial charge is 0.285 e. The lowest BCUT2D eigenvalue weighted by molar-refractivity contribution is 0.306. The first-order chi connectivity index (χ1) is 15.2. The van der Waals surface area contributed by atoms with Gasteiger partial charge in [0, 0.05) is 11.3 Å². The largest absolute Gasteiger partial charge is 0.394 e. The zero-order valence-electron chi connectivity index (χ0n) is 17.1. The molecule has 0 atom stereocenters. The fourth-order valence-corrected chi connectivity index (χ4v) is 5.99. The molecule has 0 saturated heterocycles. The van der Waals surface area contributed by atoms with Crippen LogP contribution in [-0.2, 0) is 20.0 Å². The van der Waals surface area contributed by atoms with Crippen LogP contribution < -0.4 is 9.62 Å². The molecule has 166 valence electrons. The Morgan fingerprint density at radius 2 is 1.62 bits per heavy atom. The summed E-state index contributed by atoms with van der Waals surface area (Å²) >= 11 is 0. The van der Waals surface area contributed by atoms with E-state index in [1.807, 2.05) is 6.92 Å². The molecule has 0 radical (unpaired) electrons. The number of rotatable bonds is 6. The van der Waals surface area contributed by atoms with Crippen LogP contribution in [0.25, 0.3) is 0 Å². The molecule has 0 aromatic heterocycles. The summed E-state index contributed by atoms with van der Waals surface area (Å²) in [4.78, 5) is 0.165. The summed E-state index contributed by atoms with van der Waals surface area (Å²) in [7, 11) is -7.68. The van der Waals surface area contributed by atoms with Crippen LogP contribution in [0.3, 0.4) is 0 Å². The van der Waals surface area contributed by atoms with Crippen molar-refractivity contribution in [3.8, 4) is 0 Å². The Hall–Kier alpha value is -3.21. The lowest BCUT2D eigenvalue weighted by Gasteiger charge is -2.24. The first-order valence-corrected chi connectivity index (χ1v) is 12.6. The second-order valence-corrected chi connectivity index (χ2v) is 10.6. The molecule has 0 fully saturated rings. The van der Waals surface area contributed by atoms with Gasteiger partial charge in [0.05, 0.1) is 23.7 Å². The molecule has 1 heterocycles. The molecular formula is C22H21N3O5S2. The third-order valence-corrected chi connectivity index (χ3v) is 8.14. The van der Waals surface area contributed by atoms with Gasteiger partial charge in [-0.05, 0) is 55.5 Å². The summed E-state index contributed by atoms with van der Waals surface area (Å²) in [6, 6.07) is 19.4. The standard InChI is InChI=1S/C22H21N3O5S2/c1-16-6-10-18(11-7-16)25(14-15-26)32(29,30)19-12-8-17(9-13-19)23-22-20-4-2-3-5-21(20)31(27,28)24-22/h2-13,26H,14-15H2,1H3,(H,23,24). The summed E-state index contributed by atoms with van der Waals surface area (Å²) in [6.45, 7) is 1.48. The number of anilines is 2. The Kier molecular flexibility index (Phi) is 5.76. The minimum absolute atomic E-state index is 0.0402. The number of benzene rings is 3. The second-order valence-electron chi connectivity index (χ2n) is 7.20. The van der Waals surface area contributed by atoms with Gasteiger partial charge in [-0.15, -0.1) is 4.40 Å². The van der Waals surface area contributed by atoms with E-state index in [2.05, 4.69) is 9.71 Å². The number of hydrogen-bond acceptors (Lipinski definition) is 6. The van der Waals surface area contributed by atoms with Crippen molar-refractivity contribution < 1.29 is 21.9 Å². The summed E-state index contributed by atoms with van der Waals surface area (Å²) in [5.41, 5.74) is 2.38. The number of aliphatic hydroxyl groups excluding tert-OH is 1. The van der Waals surface area contributed by atoms with Crippen molar-refractivity contribution in [2.75, 3.05) is 22.8 Å². The number of aliphatic hydroxyl groups is 1. The van der Waals surface area contributed by atoms with Crippen molar-refractivity contribution in [1.29, 1.82) is 0 Å². The lowest BCUT2D eigenvalue weighted by atomic mass is 10.2. The number of aryl methyl sites for hydroxylation is 1. The van der Waals surface area contributed by atoms with Gasteiger partial charge in [0.15, 0.2) is 5.84 Å². The van der Waals surface area contributed by atoms with E-state index in [-0.39, 0.29) is 28.8 Å².